The molecule has 0 unspecified atom stereocenters. The average Bonchev–Trinajstić information content (AvgIpc) is 2.41. The lowest BCUT2D eigenvalue weighted by molar-refractivity contribution is 0.467. The van der Waals surface area contributed by atoms with Gasteiger partial charge in [-0.2, -0.15) is 0 Å². The van der Waals surface area contributed by atoms with Crippen molar-refractivity contribution in [2.24, 2.45) is 5.92 Å². The van der Waals surface area contributed by atoms with Crippen LogP contribution in [0.25, 0.3) is 0 Å². The highest BCUT2D eigenvalue weighted by Crippen LogP contribution is 2.30. The lowest BCUT2D eigenvalue weighted by Gasteiger charge is -2.14. The number of nitrogens with one attached hydrogen (secondary N) is 1. The summed E-state index contributed by atoms with van der Waals surface area (Å²) in [5.74, 6) is 1.88. The van der Waals surface area contributed by atoms with Gasteiger partial charge in [-0.05, 0) is 24.6 Å². The summed E-state index contributed by atoms with van der Waals surface area (Å²) in [4.78, 5) is 4.01. The molecule has 5 heteroatoms. The number of pyridine rings is 1. The smallest absolute Gasteiger partial charge is 0.147 e. The van der Waals surface area contributed by atoms with Crippen molar-refractivity contribution in [3.8, 4) is 11.5 Å². The maximum absolute atomic E-state index is 6.28. The fourth-order valence-corrected chi connectivity index (χ4v) is 2.26. The molecule has 0 aliphatic carbocycles. The molecule has 0 radical (unpaired) electrons. The Morgan fingerprint density at radius 2 is 2.05 bits per heavy atom. The van der Waals surface area contributed by atoms with Crippen molar-refractivity contribution in [1.29, 1.82) is 0 Å². The molecule has 0 saturated heterocycles. The quantitative estimate of drug-likeness (QED) is 0.818. The van der Waals surface area contributed by atoms with Gasteiger partial charge in [0.2, 0.25) is 0 Å². The van der Waals surface area contributed by atoms with Gasteiger partial charge in [-0.25, -0.2) is 0 Å². The van der Waals surface area contributed by atoms with Gasteiger partial charge in [0.15, 0.2) is 0 Å². The van der Waals surface area contributed by atoms with Crippen molar-refractivity contribution in [2.45, 2.75) is 20.4 Å². The number of halogens is 2. The summed E-state index contributed by atoms with van der Waals surface area (Å²) in [7, 11) is 0. The van der Waals surface area contributed by atoms with Crippen molar-refractivity contribution in [1.82, 2.24) is 10.3 Å². The van der Waals surface area contributed by atoms with Crippen LogP contribution in [0.5, 0.6) is 11.5 Å². The summed E-state index contributed by atoms with van der Waals surface area (Å²) >= 11 is 12.2. The fourth-order valence-electron chi connectivity index (χ4n) is 1.87. The minimum absolute atomic E-state index is 0.536. The lowest BCUT2D eigenvalue weighted by Crippen LogP contribution is -2.19. The molecule has 1 N–H and O–H groups in total. The molecule has 3 nitrogen and oxygen atoms in total. The van der Waals surface area contributed by atoms with E-state index in [-0.39, 0.29) is 0 Å². The molecule has 0 aliphatic rings. The second-order valence-electron chi connectivity index (χ2n) is 5.18. The Bertz CT molecular complexity index is 603. The molecule has 0 aliphatic heterocycles. The molecular weight excluding hydrogens is 307 g/mol. The molecule has 0 atom stereocenters. The predicted octanol–water partition coefficient (Wildman–Crippen LogP) is 4.93. The standard InChI is InChI=1S/C16H18Cl2N2O/c1-11(2)7-19-10-14-15(18)4-3-5-16(14)21-13-6-12(17)8-20-9-13/h3-6,8-9,11,19H,7,10H2,1-2H3. The van der Waals surface area contributed by atoms with Crippen LogP contribution in [0.1, 0.15) is 19.4 Å². The van der Waals surface area contributed by atoms with E-state index in [0.717, 1.165) is 12.1 Å². The van der Waals surface area contributed by atoms with Crippen molar-refractivity contribution < 1.29 is 4.74 Å². The van der Waals surface area contributed by atoms with E-state index in [2.05, 4.69) is 24.1 Å². The fraction of sp³-hybridized carbons (Fsp3) is 0.312. The van der Waals surface area contributed by atoms with E-state index in [1.807, 2.05) is 18.2 Å². The molecule has 2 rings (SSSR count). The van der Waals surface area contributed by atoms with Gasteiger partial charge >= 0.3 is 0 Å². The summed E-state index contributed by atoms with van der Waals surface area (Å²) in [6, 6.07) is 7.33. The van der Waals surface area contributed by atoms with Crippen LogP contribution >= 0.6 is 23.2 Å². The monoisotopic (exact) mass is 324 g/mol. The minimum atomic E-state index is 0.536. The molecule has 1 aromatic heterocycles. The molecule has 0 saturated carbocycles. The zero-order valence-electron chi connectivity index (χ0n) is 12.1. The Hall–Kier alpha value is -1.29. The van der Waals surface area contributed by atoms with E-state index in [0.29, 0.717) is 34.0 Å². The van der Waals surface area contributed by atoms with E-state index < -0.39 is 0 Å². The first-order valence-electron chi connectivity index (χ1n) is 6.82. The number of ether oxygens (including phenoxy) is 1. The molecule has 21 heavy (non-hydrogen) atoms. The summed E-state index contributed by atoms with van der Waals surface area (Å²) in [5.41, 5.74) is 0.930. The number of benzene rings is 1. The van der Waals surface area contributed by atoms with E-state index in [1.165, 1.54) is 0 Å². The van der Waals surface area contributed by atoms with Crippen LogP contribution in [0.2, 0.25) is 10.0 Å². The largest absolute Gasteiger partial charge is 0.455 e. The highest BCUT2D eigenvalue weighted by molar-refractivity contribution is 6.31. The van der Waals surface area contributed by atoms with Crippen LogP contribution in [0, 0.1) is 5.92 Å². The first-order chi connectivity index (χ1) is 10.1. The van der Waals surface area contributed by atoms with Crippen LogP contribution < -0.4 is 10.1 Å². The van der Waals surface area contributed by atoms with Crippen LogP contribution in [-0.2, 0) is 6.54 Å². The van der Waals surface area contributed by atoms with E-state index in [9.17, 15) is 0 Å². The molecule has 112 valence electrons. The summed E-state index contributed by atoms with van der Waals surface area (Å²) in [6.07, 6.45) is 3.19. The van der Waals surface area contributed by atoms with Gasteiger partial charge < -0.3 is 10.1 Å². The SMILES string of the molecule is CC(C)CNCc1c(Cl)cccc1Oc1cncc(Cl)c1. The van der Waals surface area contributed by atoms with E-state index >= 15 is 0 Å². The molecular formula is C16H18Cl2N2O. The average molecular weight is 325 g/mol. The third-order valence-electron chi connectivity index (χ3n) is 2.84. The van der Waals surface area contributed by atoms with Gasteiger partial charge in [-0.3, -0.25) is 4.98 Å². The van der Waals surface area contributed by atoms with Crippen molar-refractivity contribution in [3.05, 3.63) is 52.3 Å². The highest BCUT2D eigenvalue weighted by atomic mass is 35.5. The molecule has 1 heterocycles. The number of aromatic nitrogens is 1. The highest BCUT2D eigenvalue weighted by Gasteiger charge is 2.10. The predicted molar refractivity (Wildman–Crippen MR) is 87.3 cm³/mol. The maximum atomic E-state index is 6.28. The van der Waals surface area contributed by atoms with Gasteiger partial charge in [0.05, 0.1) is 11.2 Å². The van der Waals surface area contributed by atoms with Crippen LogP contribution in [0.3, 0.4) is 0 Å². The molecule has 0 bridgehead atoms. The molecule has 2 aromatic rings. The Labute approximate surface area is 135 Å². The van der Waals surface area contributed by atoms with Crippen LogP contribution in [0.4, 0.5) is 0 Å². The summed E-state index contributed by atoms with van der Waals surface area (Å²) < 4.78 is 5.86. The topological polar surface area (TPSA) is 34.1 Å². The number of rotatable bonds is 6. The number of hydrogen-bond donors (Lipinski definition) is 1. The van der Waals surface area contributed by atoms with Crippen LogP contribution in [0.15, 0.2) is 36.7 Å². The second-order valence-corrected chi connectivity index (χ2v) is 6.03. The van der Waals surface area contributed by atoms with Gasteiger partial charge in [0.1, 0.15) is 11.5 Å². The lowest BCUT2D eigenvalue weighted by atomic mass is 10.1. The Balaban J connectivity index is 2.16. The van der Waals surface area contributed by atoms with Gasteiger partial charge in [-0.1, -0.05) is 43.1 Å². The Morgan fingerprint density at radius 3 is 2.76 bits per heavy atom. The first-order valence-corrected chi connectivity index (χ1v) is 7.58. The second kappa shape index (κ2) is 7.64. The minimum Gasteiger partial charge on any atom is -0.455 e. The van der Waals surface area contributed by atoms with Gasteiger partial charge in [-0.15, -0.1) is 0 Å². The van der Waals surface area contributed by atoms with Crippen molar-refractivity contribution in [3.63, 3.8) is 0 Å². The van der Waals surface area contributed by atoms with Crippen LogP contribution in [-0.4, -0.2) is 11.5 Å². The number of nitrogens with zero attached hydrogens (tertiary/aromatic N) is 1. The zero-order chi connectivity index (χ0) is 15.2. The summed E-state index contributed by atoms with van der Waals surface area (Å²) in [5, 5.41) is 4.59. The number of hydrogen-bond acceptors (Lipinski definition) is 3. The normalized spacial score (nSPS) is 10.9. The van der Waals surface area contributed by atoms with Gasteiger partial charge in [0, 0.05) is 29.4 Å². The van der Waals surface area contributed by atoms with E-state index in [1.54, 1.807) is 18.5 Å². The van der Waals surface area contributed by atoms with Crippen molar-refractivity contribution in [2.75, 3.05) is 6.54 Å². The van der Waals surface area contributed by atoms with E-state index in [4.69, 9.17) is 27.9 Å². The Kier molecular flexibility index (Phi) is 5.85. The Morgan fingerprint density at radius 1 is 1.24 bits per heavy atom. The zero-order valence-corrected chi connectivity index (χ0v) is 13.6. The molecule has 1 aromatic carbocycles. The van der Waals surface area contributed by atoms with Crippen molar-refractivity contribution >= 4 is 23.2 Å². The maximum Gasteiger partial charge on any atom is 0.147 e. The first kappa shape index (κ1) is 16.1. The molecule has 0 fully saturated rings. The molecule has 0 amide bonds. The third kappa shape index (κ3) is 4.88. The molecule has 0 spiro atoms. The van der Waals surface area contributed by atoms with Gasteiger partial charge in [0.25, 0.3) is 0 Å². The summed E-state index contributed by atoms with van der Waals surface area (Å²) in [6.45, 7) is 5.90. The third-order valence-corrected chi connectivity index (χ3v) is 3.40.